The van der Waals surface area contributed by atoms with Crippen molar-refractivity contribution in [3.05, 3.63) is 24.0 Å². The number of amides is 1. The summed E-state index contributed by atoms with van der Waals surface area (Å²) in [5.41, 5.74) is -0.986. The van der Waals surface area contributed by atoms with Gasteiger partial charge in [0, 0.05) is 24.7 Å². The minimum atomic E-state index is -6.01. The first-order chi connectivity index (χ1) is 9.29. The van der Waals surface area contributed by atoms with Crippen molar-refractivity contribution in [1.82, 2.24) is 4.98 Å². The Hall–Kier alpha value is -1.94. The molecule has 1 amide bonds. The Kier molecular flexibility index (Phi) is 4.17. The predicted octanol–water partition coefficient (Wildman–Crippen LogP) is 3.22. The third-order valence-electron chi connectivity index (χ3n) is 2.25. The van der Waals surface area contributed by atoms with Crippen LogP contribution in [0.15, 0.2) is 12.1 Å². The van der Waals surface area contributed by atoms with Crippen LogP contribution in [0.25, 0.3) is 0 Å². The molecule has 1 heterocycles. The van der Waals surface area contributed by atoms with Gasteiger partial charge in [0.25, 0.3) is 0 Å². The number of pyridine rings is 1. The first-order valence-electron chi connectivity index (χ1n) is 5.07. The normalized spacial score (nSPS) is 13.2. The maximum absolute atomic E-state index is 13.1. The summed E-state index contributed by atoms with van der Waals surface area (Å²) in [7, 11) is 0. The molecule has 1 N–H and O–H groups in total. The van der Waals surface area contributed by atoms with Crippen LogP contribution in [-0.4, -0.2) is 28.7 Å². The van der Waals surface area contributed by atoms with Gasteiger partial charge in [0.05, 0.1) is 0 Å². The lowest BCUT2D eigenvalue weighted by molar-refractivity contribution is -0.289. The van der Waals surface area contributed by atoms with E-state index in [1.165, 1.54) is 0 Å². The topological polar surface area (TPSA) is 42.0 Å². The zero-order chi connectivity index (χ0) is 16.6. The van der Waals surface area contributed by atoms with Gasteiger partial charge in [0.15, 0.2) is 0 Å². The first kappa shape index (κ1) is 17.1. The smallest absolute Gasteiger partial charge is 0.320 e. The fourth-order valence-corrected chi connectivity index (χ4v) is 1.16. The number of hydrogen-bond acceptors (Lipinski definition) is 2. The van der Waals surface area contributed by atoms with Crippen LogP contribution in [0.2, 0.25) is 0 Å². The number of nitrogens with one attached hydrogen (secondary N) is 1. The lowest BCUT2D eigenvalue weighted by Crippen LogP contribution is -2.58. The largest absolute Gasteiger partial charge is 0.392 e. The number of carbonyl (C=O) groups excluding carboxylic acids is 1. The summed E-state index contributed by atoms with van der Waals surface area (Å²) in [6.07, 6.45) is 0. The van der Waals surface area contributed by atoms with Crippen molar-refractivity contribution in [2.75, 3.05) is 5.32 Å². The van der Waals surface area contributed by atoms with E-state index in [-0.39, 0.29) is 12.1 Å². The minimum Gasteiger partial charge on any atom is -0.320 e. The summed E-state index contributed by atoms with van der Waals surface area (Å²) in [5, 5.41) is 1.02. The summed E-state index contributed by atoms with van der Waals surface area (Å²) in [6, 6.07) is 0.471. The van der Waals surface area contributed by atoms with Gasteiger partial charge in [-0.2, -0.15) is 40.1 Å². The molecule has 0 aliphatic heterocycles. The van der Waals surface area contributed by atoms with E-state index in [1.54, 1.807) is 0 Å². The van der Waals surface area contributed by atoms with Crippen molar-refractivity contribution in [3.63, 3.8) is 0 Å². The second kappa shape index (κ2) is 5.11. The van der Waals surface area contributed by atoms with E-state index in [9.17, 15) is 39.9 Å². The van der Waals surface area contributed by atoms with E-state index in [2.05, 4.69) is 4.98 Å². The summed E-state index contributed by atoms with van der Waals surface area (Å²) in [4.78, 5) is 13.6. The highest BCUT2D eigenvalue weighted by atomic mass is 19.3. The molecule has 21 heavy (non-hydrogen) atoms. The van der Waals surface area contributed by atoms with Crippen LogP contribution in [0.1, 0.15) is 6.92 Å². The van der Waals surface area contributed by atoms with Crippen molar-refractivity contribution in [1.29, 1.82) is 0 Å². The molecule has 118 valence electrons. The maximum Gasteiger partial charge on any atom is 0.392 e. The third kappa shape index (κ3) is 3.22. The molecule has 0 fully saturated rings. The van der Waals surface area contributed by atoms with Gasteiger partial charge in [0.2, 0.25) is 11.9 Å². The van der Waals surface area contributed by atoms with Crippen LogP contribution in [0.3, 0.4) is 0 Å². The average Bonchev–Trinajstić information content (AvgIpc) is 2.25. The molecule has 0 unspecified atom stereocenters. The van der Waals surface area contributed by atoms with E-state index in [0.29, 0.717) is 0 Å². The lowest BCUT2D eigenvalue weighted by atomic mass is 10.1. The van der Waals surface area contributed by atoms with Gasteiger partial charge in [-0.05, 0) is 0 Å². The number of anilines is 1. The number of halogens is 8. The molecule has 0 aromatic carbocycles. The molecule has 0 saturated carbocycles. The van der Waals surface area contributed by atoms with Crippen molar-refractivity contribution in [2.24, 2.45) is 0 Å². The van der Waals surface area contributed by atoms with Crippen LogP contribution in [0, 0.1) is 11.9 Å². The quantitative estimate of drug-likeness (QED) is 0.683. The second-order valence-corrected chi connectivity index (χ2v) is 3.99. The zero-order valence-corrected chi connectivity index (χ0v) is 10.0. The Labute approximate surface area is 112 Å². The SMILES string of the molecule is CC(F)(F)C(F)(F)C(F)(F)C(=O)Nc1cc(F)nc(F)c1. The van der Waals surface area contributed by atoms with Crippen molar-refractivity contribution < 1.29 is 39.9 Å². The Bertz CT molecular complexity index is 534. The van der Waals surface area contributed by atoms with Crippen LogP contribution >= 0.6 is 0 Å². The molecule has 1 aromatic heterocycles. The maximum atomic E-state index is 13.1. The average molecular weight is 322 g/mol. The molecule has 0 spiro atoms. The summed E-state index contributed by atoms with van der Waals surface area (Å²) in [5.74, 6) is -23.0. The Morgan fingerprint density at radius 3 is 1.86 bits per heavy atom. The van der Waals surface area contributed by atoms with Crippen LogP contribution < -0.4 is 5.32 Å². The molecule has 0 aliphatic carbocycles. The molecule has 3 nitrogen and oxygen atoms in total. The highest BCUT2D eigenvalue weighted by Crippen LogP contribution is 2.45. The predicted molar refractivity (Wildman–Crippen MR) is 53.3 cm³/mol. The molecule has 0 aliphatic rings. The minimum absolute atomic E-state index is 0.235. The molecule has 11 heteroatoms. The zero-order valence-electron chi connectivity index (χ0n) is 10.0. The van der Waals surface area contributed by atoms with Gasteiger partial charge < -0.3 is 5.32 Å². The molecule has 0 radical (unpaired) electrons. The highest BCUT2D eigenvalue weighted by molar-refractivity contribution is 5.96. The number of aromatic nitrogens is 1. The van der Waals surface area contributed by atoms with Gasteiger partial charge in [-0.15, -0.1) is 0 Å². The third-order valence-corrected chi connectivity index (χ3v) is 2.25. The fourth-order valence-electron chi connectivity index (χ4n) is 1.16. The molecule has 1 rings (SSSR count). The van der Waals surface area contributed by atoms with E-state index < -0.39 is 48.2 Å². The first-order valence-corrected chi connectivity index (χ1v) is 5.07. The van der Waals surface area contributed by atoms with E-state index >= 15 is 0 Å². The Morgan fingerprint density at radius 2 is 1.48 bits per heavy atom. The van der Waals surface area contributed by atoms with Gasteiger partial charge in [0.1, 0.15) is 0 Å². The van der Waals surface area contributed by atoms with Crippen LogP contribution in [0.4, 0.5) is 40.8 Å². The Morgan fingerprint density at radius 1 is 1.05 bits per heavy atom. The molecule has 0 atom stereocenters. The number of rotatable bonds is 4. The monoisotopic (exact) mass is 322 g/mol. The standard InChI is InChI=1S/C10H6F8N2O/c1-8(13,14)10(17,18)9(15,16)7(21)19-4-2-5(11)20-6(12)3-4/h2-3H,1H3,(H,19,20,21). The van der Waals surface area contributed by atoms with E-state index in [0.717, 1.165) is 5.32 Å². The number of nitrogens with zero attached hydrogens (tertiary/aromatic N) is 1. The van der Waals surface area contributed by atoms with E-state index in [1.807, 2.05) is 0 Å². The number of hydrogen-bond donors (Lipinski definition) is 1. The van der Waals surface area contributed by atoms with Gasteiger partial charge >= 0.3 is 23.7 Å². The molecular formula is C10H6F8N2O. The van der Waals surface area contributed by atoms with Gasteiger partial charge in [-0.3, -0.25) is 4.79 Å². The number of alkyl halides is 6. The van der Waals surface area contributed by atoms with Gasteiger partial charge in [-0.1, -0.05) is 0 Å². The fraction of sp³-hybridized carbons (Fsp3) is 0.400. The number of carbonyl (C=O) groups is 1. The lowest BCUT2D eigenvalue weighted by Gasteiger charge is -2.29. The van der Waals surface area contributed by atoms with Crippen LogP contribution in [0.5, 0.6) is 0 Å². The van der Waals surface area contributed by atoms with E-state index in [4.69, 9.17) is 0 Å². The summed E-state index contributed by atoms with van der Waals surface area (Å²) in [6.45, 7) is -0.500. The molecule has 0 bridgehead atoms. The second-order valence-electron chi connectivity index (χ2n) is 3.99. The summed E-state index contributed by atoms with van der Waals surface area (Å²) < 4.78 is 102. The highest BCUT2D eigenvalue weighted by Gasteiger charge is 2.72. The molecule has 1 aromatic rings. The van der Waals surface area contributed by atoms with Crippen LogP contribution in [-0.2, 0) is 4.79 Å². The van der Waals surface area contributed by atoms with Crippen molar-refractivity contribution in [3.8, 4) is 0 Å². The molecular weight excluding hydrogens is 316 g/mol. The van der Waals surface area contributed by atoms with Gasteiger partial charge in [-0.25, -0.2) is 0 Å². The van der Waals surface area contributed by atoms with Crippen molar-refractivity contribution in [2.45, 2.75) is 24.7 Å². The summed E-state index contributed by atoms with van der Waals surface area (Å²) >= 11 is 0. The van der Waals surface area contributed by atoms with Crippen molar-refractivity contribution >= 4 is 11.6 Å². The molecule has 0 saturated heterocycles. The Balaban J connectivity index is 3.07.